The number of aromatic nitrogens is 2. The van der Waals surface area contributed by atoms with Crippen LogP contribution in [-0.2, 0) is 6.54 Å². The van der Waals surface area contributed by atoms with Crippen LogP contribution in [-0.4, -0.2) is 54.1 Å². The van der Waals surface area contributed by atoms with Gasteiger partial charge >= 0.3 is 0 Å². The average molecular weight is 520 g/mol. The second-order valence-electron chi connectivity index (χ2n) is 7.81. The van der Waals surface area contributed by atoms with E-state index in [1.807, 2.05) is 11.8 Å². The molecule has 0 aliphatic carbocycles. The first-order valence-corrected chi connectivity index (χ1v) is 12.0. The lowest BCUT2D eigenvalue weighted by Crippen LogP contribution is -2.27. The SMILES string of the molecule is CCN(CC)CCn1c(SC(C)C)nc2ccccc21.O=[N+]([O-])c1cc([N+](=O)[O-])c([O-])c([N+](=O)[O-])c1. The van der Waals surface area contributed by atoms with Gasteiger partial charge in [-0.3, -0.25) is 30.3 Å². The molecule has 0 amide bonds. The Morgan fingerprint density at radius 3 is 2.00 bits per heavy atom. The van der Waals surface area contributed by atoms with Gasteiger partial charge in [0.15, 0.2) is 5.16 Å². The molecule has 0 spiro atoms. The molecule has 194 valence electrons. The molecule has 0 N–H and O–H groups in total. The molecule has 1 aromatic heterocycles. The summed E-state index contributed by atoms with van der Waals surface area (Å²) in [6, 6.07) is 9.21. The van der Waals surface area contributed by atoms with E-state index in [0.29, 0.717) is 17.4 Å². The van der Waals surface area contributed by atoms with E-state index in [9.17, 15) is 35.4 Å². The average Bonchev–Trinajstić information content (AvgIpc) is 3.16. The van der Waals surface area contributed by atoms with Crippen LogP contribution in [0.1, 0.15) is 27.7 Å². The molecule has 0 bridgehead atoms. The van der Waals surface area contributed by atoms with Gasteiger partial charge in [0.25, 0.3) is 17.1 Å². The third-order valence-electron chi connectivity index (χ3n) is 5.13. The van der Waals surface area contributed by atoms with Gasteiger partial charge < -0.3 is 14.6 Å². The Morgan fingerprint density at radius 2 is 1.53 bits per heavy atom. The van der Waals surface area contributed by atoms with Gasteiger partial charge in [-0.1, -0.05) is 51.6 Å². The zero-order valence-electron chi connectivity index (χ0n) is 20.3. The lowest BCUT2D eigenvalue weighted by Gasteiger charge is -2.19. The number of para-hydroxylation sites is 2. The molecule has 0 radical (unpaired) electrons. The summed E-state index contributed by atoms with van der Waals surface area (Å²) in [5.74, 6) is -1.46. The summed E-state index contributed by atoms with van der Waals surface area (Å²) in [7, 11) is 0. The van der Waals surface area contributed by atoms with Crippen LogP contribution in [0.25, 0.3) is 11.0 Å². The highest BCUT2D eigenvalue weighted by Gasteiger charge is 2.24. The number of rotatable bonds is 10. The first kappa shape index (κ1) is 28.5. The van der Waals surface area contributed by atoms with Crippen LogP contribution in [0, 0.1) is 30.3 Å². The number of imidazole rings is 1. The predicted molar refractivity (Wildman–Crippen MR) is 134 cm³/mol. The van der Waals surface area contributed by atoms with Crippen LogP contribution in [0.2, 0.25) is 0 Å². The van der Waals surface area contributed by atoms with Crippen molar-refractivity contribution in [1.29, 1.82) is 0 Å². The summed E-state index contributed by atoms with van der Waals surface area (Å²) in [6.45, 7) is 13.2. The molecule has 13 nitrogen and oxygen atoms in total. The number of likely N-dealkylation sites (N-methyl/N-ethyl adjacent to an activating group) is 1. The number of fused-ring (bicyclic) bond motifs is 1. The van der Waals surface area contributed by atoms with Crippen molar-refractivity contribution in [3.8, 4) is 5.75 Å². The van der Waals surface area contributed by atoms with Crippen LogP contribution in [0.4, 0.5) is 17.1 Å². The van der Waals surface area contributed by atoms with Crippen LogP contribution >= 0.6 is 11.8 Å². The number of non-ortho nitro benzene ring substituents is 1. The van der Waals surface area contributed by atoms with Crippen molar-refractivity contribution in [2.24, 2.45) is 0 Å². The fraction of sp³-hybridized carbons (Fsp3) is 0.409. The Morgan fingerprint density at radius 1 is 0.972 bits per heavy atom. The van der Waals surface area contributed by atoms with Crippen molar-refractivity contribution in [1.82, 2.24) is 14.5 Å². The zero-order chi connectivity index (χ0) is 27.0. The summed E-state index contributed by atoms with van der Waals surface area (Å²) in [5, 5.41) is 43.8. The molecule has 36 heavy (non-hydrogen) atoms. The molecule has 0 saturated carbocycles. The van der Waals surface area contributed by atoms with Crippen molar-refractivity contribution >= 4 is 39.9 Å². The highest BCUT2D eigenvalue weighted by Crippen LogP contribution is 2.36. The molecule has 0 saturated heterocycles. The van der Waals surface area contributed by atoms with Crippen molar-refractivity contribution in [3.63, 3.8) is 0 Å². The van der Waals surface area contributed by atoms with Gasteiger partial charge in [-0.15, -0.1) is 0 Å². The van der Waals surface area contributed by atoms with Crippen molar-refractivity contribution in [2.45, 2.75) is 44.6 Å². The van der Waals surface area contributed by atoms with Crippen molar-refractivity contribution in [3.05, 3.63) is 66.7 Å². The predicted octanol–water partition coefficient (Wildman–Crippen LogP) is 4.36. The summed E-state index contributed by atoms with van der Waals surface area (Å²) in [6.07, 6.45) is 0. The number of nitro benzene ring substituents is 3. The number of hydrogen-bond donors (Lipinski definition) is 0. The van der Waals surface area contributed by atoms with Gasteiger partial charge in [0.05, 0.1) is 43.7 Å². The van der Waals surface area contributed by atoms with Gasteiger partial charge in [0, 0.05) is 18.3 Å². The quantitative estimate of drug-likeness (QED) is 0.212. The summed E-state index contributed by atoms with van der Waals surface area (Å²) < 4.78 is 2.37. The first-order chi connectivity index (χ1) is 17.0. The highest BCUT2D eigenvalue weighted by molar-refractivity contribution is 7.99. The number of benzene rings is 2. The molecule has 0 atom stereocenters. The smallest absolute Gasteiger partial charge is 0.283 e. The van der Waals surface area contributed by atoms with E-state index in [1.165, 1.54) is 5.52 Å². The lowest BCUT2D eigenvalue weighted by molar-refractivity contribution is -0.420. The normalized spacial score (nSPS) is 10.9. The minimum absolute atomic E-state index is 0.384. The topological polar surface area (TPSA) is 174 Å². The Labute approximate surface area is 211 Å². The number of nitrogens with zero attached hydrogens (tertiary/aromatic N) is 6. The van der Waals surface area contributed by atoms with Crippen molar-refractivity contribution < 1.29 is 19.9 Å². The standard InChI is InChI=1S/C16H25N3S.C6H3N3O7/c1-5-18(6-2)11-12-19-15-10-8-7-9-14(15)17-16(19)20-13(3)4;10-6-4(8(13)14)1-3(7(11)12)2-5(6)9(15)16/h7-10,13H,5-6,11-12H2,1-4H3;1-2,10H/p-1. The second kappa shape index (κ2) is 12.8. The fourth-order valence-electron chi connectivity index (χ4n) is 3.31. The minimum Gasteiger partial charge on any atom is -0.863 e. The minimum atomic E-state index is -1.46. The Hall–Kier alpha value is -3.78. The number of hydrogen-bond acceptors (Lipinski definition) is 10. The molecule has 0 aliphatic heterocycles. The van der Waals surface area contributed by atoms with E-state index in [-0.39, 0.29) is 0 Å². The maximum atomic E-state index is 11.1. The maximum Gasteiger partial charge on any atom is 0.283 e. The van der Waals surface area contributed by atoms with Gasteiger partial charge in [-0.05, 0) is 25.2 Å². The van der Waals surface area contributed by atoms with Crippen LogP contribution in [0.3, 0.4) is 0 Å². The summed E-state index contributed by atoms with van der Waals surface area (Å²) in [4.78, 5) is 34.8. The summed E-state index contributed by atoms with van der Waals surface area (Å²) in [5.41, 5.74) is -0.905. The number of nitro groups is 3. The van der Waals surface area contributed by atoms with Gasteiger partial charge in [-0.2, -0.15) is 0 Å². The fourth-order valence-corrected chi connectivity index (χ4v) is 4.20. The lowest BCUT2D eigenvalue weighted by atomic mass is 10.2. The van der Waals surface area contributed by atoms with Crippen LogP contribution in [0.5, 0.6) is 5.75 Å². The Bertz CT molecular complexity index is 1210. The molecular weight excluding hydrogens is 492 g/mol. The van der Waals surface area contributed by atoms with E-state index in [0.717, 1.165) is 36.9 Å². The molecule has 3 rings (SSSR count). The monoisotopic (exact) mass is 519 g/mol. The third kappa shape index (κ3) is 7.11. The largest absolute Gasteiger partial charge is 0.863 e. The van der Waals surface area contributed by atoms with Gasteiger partial charge in [0.2, 0.25) is 0 Å². The molecular formula is C22H27N6O7S-. The molecule has 0 fully saturated rings. The molecule has 0 aliphatic rings. The maximum absolute atomic E-state index is 11.1. The molecule has 14 heteroatoms. The van der Waals surface area contributed by atoms with Crippen molar-refractivity contribution in [2.75, 3.05) is 19.6 Å². The highest BCUT2D eigenvalue weighted by atomic mass is 32.2. The molecule has 3 aromatic rings. The zero-order valence-corrected chi connectivity index (χ0v) is 21.1. The Balaban J connectivity index is 0.000000261. The molecule has 0 unspecified atom stereocenters. The molecule has 2 aromatic carbocycles. The van der Waals surface area contributed by atoms with Gasteiger partial charge in [-0.25, -0.2) is 4.98 Å². The number of thioether (sulfide) groups is 1. The second-order valence-corrected chi connectivity index (χ2v) is 9.36. The van der Waals surface area contributed by atoms with E-state index in [4.69, 9.17) is 4.98 Å². The van der Waals surface area contributed by atoms with E-state index in [1.54, 1.807) is 0 Å². The van der Waals surface area contributed by atoms with E-state index < -0.39 is 37.6 Å². The first-order valence-electron chi connectivity index (χ1n) is 11.1. The third-order valence-corrected chi connectivity index (χ3v) is 6.13. The Kier molecular flexibility index (Phi) is 10.1. The summed E-state index contributed by atoms with van der Waals surface area (Å²) >= 11 is 1.85. The van der Waals surface area contributed by atoms with E-state index >= 15 is 0 Å². The van der Waals surface area contributed by atoms with E-state index in [2.05, 4.69) is 61.4 Å². The van der Waals surface area contributed by atoms with Crippen LogP contribution < -0.4 is 5.11 Å². The van der Waals surface area contributed by atoms with Gasteiger partial charge in [0.1, 0.15) is 0 Å². The molecule has 1 heterocycles. The van der Waals surface area contributed by atoms with Crippen LogP contribution in [0.15, 0.2) is 41.6 Å².